The van der Waals surface area contributed by atoms with Crippen LogP contribution in [0.1, 0.15) is 18.5 Å². The number of aliphatic hydroxyl groups is 1. The summed E-state index contributed by atoms with van der Waals surface area (Å²) in [5.74, 6) is 0. The van der Waals surface area contributed by atoms with E-state index in [0.717, 1.165) is 25.1 Å². The fourth-order valence-electron chi connectivity index (χ4n) is 1.22. The van der Waals surface area contributed by atoms with E-state index in [2.05, 4.69) is 11.1 Å². The first-order valence-electron chi connectivity index (χ1n) is 4.24. The van der Waals surface area contributed by atoms with Gasteiger partial charge in [0.2, 0.25) is 0 Å². The molecule has 0 saturated heterocycles. The van der Waals surface area contributed by atoms with Gasteiger partial charge in [-0.2, -0.15) is 0 Å². The second kappa shape index (κ2) is 4.78. The van der Waals surface area contributed by atoms with Gasteiger partial charge in [-0.05, 0) is 25.0 Å². The minimum atomic E-state index is 0.126. The molecule has 0 aliphatic rings. The number of aromatic nitrogens is 1. The van der Waals surface area contributed by atoms with E-state index in [4.69, 9.17) is 5.11 Å². The highest BCUT2D eigenvalue weighted by molar-refractivity contribution is 5.05. The molecule has 1 aromatic rings. The van der Waals surface area contributed by atoms with Gasteiger partial charge in [0.25, 0.3) is 0 Å². The van der Waals surface area contributed by atoms with E-state index in [1.807, 2.05) is 24.4 Å². The number of aryl methyl sites for hydroxylation is 1. The lowest BCUT2D eigenvalue weighted by Gasteiger charge is -2.05. The molecule has 0 bridgehead atoms. The van der Waals surface area contributed by atoms with Crippen molar-refractivity contribution in [2.75, 3.05) is 0 Å². The van der Waals surface area contributed by atoms with Gasteiger partial charge in [0, 0.05) is 18.4 Å². The molecule has 66 valence electrons. The molecule has 1 aromatic heterocycles. The molecule has 0 amide bonds. The molecule has 0 aliphatic carbocycles. The SMILES string of the molecule is C=CCCCn1cccc1CO. The molecule has 1 N–H and O–H groups in total. The molecule has 1 rings (SSSR count). The monoisotopic (exact) mass is 165 g/mol. The highest BCUT2D eigenvalue weighted by Gasteiger charge is 1.96. The van der Waals surface area contributed by atoms with E-state index in [1.54, 1.807) is 0 Å². The normalized spacial score (nSPS) is 10.1. The first-order valence-corrected chi connectivity index (χ1v) is 4.24. The summed E-state index contributed by atoms with van der Waals surface area (Å²) in [6.07, 6.45) is 6.03. The Bertz CT molecular complexity index is 240. The number of rotatable bonds is 5. The smallest absolute Gasteiger partial charge is 0.0832 e. The molecule has 0 radical (unpaired) electrons. The summed E-state index contributed by atoms with van der Waals surface area (Å²) >= 11 is 0. The molecule has 0 unspecified atom stereocenters. The van der Waals surface area contributed by atoms with Gasteiger partial charge in [-0.3, -0.25) is 0 Å². The molecule has 1 heterocycles. The van der Waals surface area contributed by atoms with Gasteiger partial charge in [0.1, 0.15) is 0 Å². The van der Waals surface area contributed by atoms with Gasteiger partial charge >= 0.3 is 0 Å². The van der Waals surface area contributed by atoms with Gasteiger partial charge in [-0.25, -0.2) is 0 Å². The van der Waals surface area contributed by atoms with E-state index < -0.39 is 0 Å². The van der Waals surface area contributed by atoms with Crippen LogP contribution in [0.25, 0.3) is 0 Å². The van der Waals surface area contributed by atoms with E-state index >= 15 is 0 Å². The largest absolute Gasteiger partial charge is 0.390 e. The van der Waals surface area contributed by atoms with Crippen LogP contribution in [0.2, 0.25) is 0 Å². The number of unbranched alkanes of at least 4 members (excludes halogenated alkanes) is 1. The topological polar surface area (TPSA) is 25.2 Å². The van der Waals surface area contributed by atoms with Crippen LogP contribution in [0.15, 0.2) is 31.0 Å². The third-order valence-electron chi connectivity index (χ3n) is 1.89. The van der Waals surface area contributed by atoms with Crippen LogP contribution in [-0.4, -0.2) is 9.67 Å². The highest BCUT2D eigenvalue weighted by atomic mass is 16.3. The molecule has 2 nitrogen and oxygen atoms in total. The van der Waals surface area contributed by atoms with Crippen molar-refractivity contribution < 1.29 is 5.11 Å². The predicted molar refractivity (Wildman–Crippen MR) is 49.8 cm³/mol. The van der Waals surface area contributed by atoms with E-state index in [0.29, 0.717) is 0 Å². The molecule has 0 saturated carbocycles. The van der Waals surface area contributed by atoms with E-state index in [1.165, 1.54) is 0 Å². The van der Waals surface area contributed by atoms with Gasteiger partial charge in [-0.1, -0.05) is 6.08 Å². The predicted octanol–water partition coefficient (Wildman–Crippen LogP) is 1.95. The van der Waals surface area contributed by atoms with Gasteiger partial charge in [0.15, 0.2) is 0 Å². The zero-order chi connectivity index (χ0) is 8.81. The summed E-state index contributed by atoms with van der Waals surface area (Å²) in [7, 11) is 0. The number of hydrogen-bond donors (Lipinski definition) is 1. The Balaban J connectivity index is 2.44. The summed E-state index contributed by atoms with van der Waals surface area (Å²) in [5.41, 5.74) is 0.985. The van der Waals surface area contributed by atoms with Crippen LogP contribution < -0.4 is 0 Å². The lowest BCUT2D eigenvalue weighted by molar-refractivity contribution is 0.270. The summed E-state index contributed by atoms with van der Waals surface area (Å²) in [5, 5.41) is 8.92. The number of nitrogens with zero attached hydrogens (tertiary/aromatic N) is 1. The molecule has 0 aliphatic heterocycles. The average molecular weight is 165 g/mol. The van der Waals surface area contributed by atoms with Gasteiger partial charge < -0.3 is 9.67 Å². The zero-order valence-corrected chi connectivity index (χ0v) is 7.24. The molecular weight excluding hydrogens is 150 g/mol. The zero-order valence-electron chi connectivity index (χ0n) is 7.24. The molecule has 12 heavy (non-hydrogen) atoms. The van der Waals surface area contributed by atoms with Gasteiger partial charge in [0.05, 0.1) is 6.61 Å². The van der Waals surface area contributed by atoms with Crippen molar-refractivity contribution >= 4 is 0 Å². The first-order chi connectivity index (χ1) is 5.88. The molecule has 0 atom stereocenters. The van der Waals surface area contributed by atoms with Crippen molar-refractivity contribution in [3.8, 4) is 0 Å². The van der Waals surface area contributed by atoms with Crippen LogP contribution >= 0.6 is 0 Å². The third kappa shape index (κ3) is 2.24. The standard InChI is InChI=1S/C10H15NO/c1-2-3-4-7-11-8-5-6-10(11)9-12/h2,5-6,8,12H,1,3-4,7,9H2. The molecule has 0 fully saturated rings. The Morgan fingerprint density at radius 1 is 1.58 bits per heavy atom. The second-order valence-electron chi connectivity index (χ2n) is 2.78. The van der Waals surface area contributed by atoms with Crippen LogP contribution in [0.4, 0.5) is 0 Å². The molecule has 0 aromatic carbocycles. The number of hydrogen-bond acceptors (Lipinski definition) is 1. The number of aliphatic hydroxyl groups excluding tert-OH is 1. The quantitative estimate of drug-likeness (QED) is 0.523. The average Bonchev–Trinajstić information content (AvgIpc) is 2.52. The third-order valence-corrected chi connectivity index (χ3v) is 1.89. The second-order valence-corrected chi connectivity index (χ2v) is 2.78. The summed E-state index contributed by atoms with van der Waals surface area (Å²) in [6, 6.07) is 3.90. The maximum Gasteiger partial charge on any atom is 0.0832 e. The van der Waals surface area contributed by atoms with Crippen LogP contribution in [0.3, 0.4) is 0 Å². The maximum absolute atomic E-state index is 8.92. The van der Waals surface area contributed by atoms with Crippen molar-refractivity contribution in [1.82, 2.24) is 4.57 Å². The molecular formula is C10H15NO. The maximum atomic E-state index is 8.92. The minimum absolute atomic E-state index is 0.126. The minimum Gasteiger partial charge on any atom is -0.390 e. The van der Waals surface area contributed by atoms with Crippen LogP contribution in [0.5, 0.6) is 0 Å². The van der Waals surface area contributed by atoms with Gasteiger partial charge in [-0.15, -0.1) is 6.58 Å². The summed E-state index contributed by atoms with van der Waals surface area (Å²) in [6.45, 7) is 4.76. The van der Waals surface area contributed by atoms with Crippen molar-refractivity contribution in [1.29, 1.82) is 0 Å². The van der Waals surface area contributed by atoms with Crippen molar-refractivity contribution in [3.05, 3.63) is 36.7 Å². The summed E-state index contributed by atoms with van der Waals surface area (Å²) in [4.78, 5) is 0. The fourth-order valence-corrected chi connectivity index (χ4v) is 1.22. The van der Waals surface area contributed by atoms with Crippen molar-refractivity contribution in [2.45, 2.75) is 26.0 Å². The number of allylic oxidation sites excluding steroid dienone is 1. The van der Waals surface area contributed by atoms with Crippen LogP contribution in [-0.2, 0) is 13.2 Å². The van der Waals surface area contributed by atoms with Crippen molar-refractivity contribution in [3.63, 3.8) is 0 Å². The lowest BCUT2D eigenvalue weighted by Crippen LogP contribution is -2.01. The van der Waals surface area contributed by atoms with Crippen molar-refractivity contribution in [2.24, 2.45) is 0 Å². The highest BCUT2D eigenvalue weighted by Crippen LogP contribution is 2.04. The Morgan fingerprint density at radius 2 is 2.42 bits per heavy atom. The lowest BCUT2D eigenvalue weighted by atomic mass is 10.3. The Labute approximate surface area is 73.1 Å². The van der Waals surface area contributed by atoms with E-state index in [-0.39, 0.29) is 6.61 Å². The molecule has 0 spiro atoms. The fraction of sp³-hybridized carbons (Fsp3) is 0.400. The Morgan fingerprint density at radius 3 is 3.08 bits per heavy atom. The molecule has 2 heteroatoms. The first kappa shape index (κ1) is 9.07. The van der Waals surface area contributed by atoms with Crippen LogP contribution in [0, 0.1) is 0 Å². The Kier molecular flexibility index (Phi) is 3.61. The van der Waals surface area contributed by atoms with E-state index in [9.17, 15) is 0 Å². The summed E-state index contributed by atoms with van der Waals surface area (Å²) < 4.78 is 2.07. The Hall–Kier alpha value is -1.02.